The van der Waals surface area contributed by atoms with Crippen LogP contribution < -0.4 is 5.32 Å². The third-order valence-corrected chi connectivity index (χ3v) is 11.2. The molecular weight excluding hydrogens is 675 g/mol. The lowest BCUT2D eigenvalue weighted by Gasteiger charge is -2.34. The van der Waals surface area contributed by atoms with Gasteiger partial charge in [-0.25, -0.2) is 0 Å². The molecule has 284 valence electrons. The van der Waals surface area contributed by atoms with E-state index in [0.29, 0.717) is 6.04 Å². The molecule has 3 atom stereocenters. The van der Waals surface area contributed by atoms with Gasteiger partial charge in [-0.2, -0.15) is 0 Å². The lowest BCUT2D eigenvalue weighted by molar-refractivity contribution is 0.372. The molecule has 4 aromatic carbocycles. The van der Waals surface area contributed by atoms with Gasteiger partial charge in [-0.05, 0) is 114 Å². The summed E-state index contributed by atoms with van der Waals surface area (Å²) in [6.07, 6.45) is 33.9. The lowest BCUT2D eigenvalue weighted by Crippen LogP contribution is -2.26. The number of benzene rings is 4. The van der Waals surface area contributed by atoms with Crippen molar-refractivity contribution in [2.24, 2.45) is 11.3 Å². The monoisotopic (exact) mass is 733 g/mol. The molecule has 56 heavy (non-hydrogen) atoms. The number of rotatable bonds is 18. The molecule has 0 aromatic heterocycles. The van der Waals surface area contributed by atoms with Crippen LogP contribution in [0.1, 0.15) is 64.5 Å². The summed E-state index contributed by atoms with van der Waals surface area (Å²) in [5.74, 6) is 0.229. The highest BCUT2D eigenvalue weighted by Crippen LogP contribution is 2.41. The van der Waals surface area contributed by atoms with Gasteiger partial charge in [-0.15, -0.1) is 0 Å². The zero-order valence-electron chi connectivity index (χ0n) is 33.9. The van der Waals surface area contributed by atoms with Crippen molar-refractivity contribution in [3.8, 4) is 11.1 Å². The maximum absolute atomic E-state index is 4.02. The minimum absolute atomic E-state index is 0.179. The second kappa shape index (κ2) is 20.7. The molecule has 0 radical (unpaired) electrons. The number of fused-ring (bicyclic) bond motifs is 1. The summed E-state index contributed by atoms with van der Waals surface area (Å²) in [6, 6.07) is 35.4. The van der Waals surface area contributed by atoms with Crippen molar-refractivity contribution in [3.05, 3.63) is 229 Å². The first kappa shape index (κ1) is 41.2. The lowest BCUT2D eigenvalue weighted by atomic mass is 9.69. The topological polar surface area (TPSA) is 12.0 Å². The van der Waals surface area contributed by atoms with Crippen molar-refractivity contribution in [2.75, 3.05) is 0 Å². The molecule has 1 N–H and O–H groups in total. The van der Waals surface area contributed by atoms with Gasteiger partial charge in [0, 0.05) is 11.5 Å². The molecule has 1 aliphatic rings. The van der Waals surface area contributed by atoms with Crippen molar-refractivity contribution < 1.29 is 0 Å². The van der Waals surface area contributed by atoms with Gasteiger partial charge in [0.05, 0.1) is 0 Å². The summed E-state index contributed by atoms with van der Waals surface area (Å²) in [6.45, 7) is 20.6. The number of allylic oxidation sites excluding steroid dienone is 15. The van der Waals surface area contributed by atoms with Gasteiger partial charge < -0.3 is 5.32 Å². The minimum atomic E-state index is -0.179. The molecule has 0 fully saturated rings. The highest BCUT2D eigenvalue weighted by Gasteiger charge is 2.31. The van der Waals surface area contributed by atoms with E-state index in [1.807, 2.05) is 24.3 Å². The number of hydrogen-bond acceptors (Lipinski definition) is 1. The Balaban J connectivity index is 1.32. The zero-order chi connectivity index (χ0) is 39.8. The van der Waals surface area contributed by atoms with Crippen molar-refractivity contribution in [1.82, 2.24) is 5.32 Å². The Bertz CT molecular complexity index is 2210. The fraction of sp³-hybridized carbons (Fsp3) is 0.200. The molecule has 5 rings (SSSR count). The van der Waals surface area contributed by atoms with Crippen LogP contribution in [0.4, 0.5) is 0 Å². The first-order chi connectivity index (χ1) is 27.3. The van der Waals surface area contributed by atoms with Crippen LogP contribution in [0.15, 0.2) is 218 Å². The fourth-order valence-corrected chi connectivity index (χ4v) is 7.84. The third kappa shape index (κ3) is 10.6. The third-order valence-electron chi connectivity index (χ3n) is 11.2. The van der Waals surface area contributed by atoms with Crippen LogP contribution in [-0.4, -0.2) is 6.04 Å². The molecule has 0 aliphatic heterocycles. The van der Waals surface area contributed by atoms with Crippen LogP contribution in [0.2, 0.25) is 0 Å². The Morgan fingerprint density at radius 3 is 2.20 bits per heavy atom. The van der Waals surface area contributed by atoms with Crippen molar-refractivity contribution in [2.45, 2.75) is 59.4 Å². The van der Waals surface area contributed by atoms with Gasteiger partial charge in [-0.3, -0.25) is 0 Å². The summed E-state index contributed by atoms with van der Waals surface area (Å²) in [4.78, 5) is 0. The standard InChI is InChI=1S/C55H59N/c1-8-20-42(6)55(7,37-10-3)52(36-31-43-29-32-47(33-30-43)50-35-34-46-22-16-17-25-49(46)39-50)28-19-38-56-53-40-51(54(41-53)48-23-14-13-15-24-48)27-18-26-45(12-5)44(11-4)21-9-2/h8-26,29-39,52-53,56H,1-2,4,27-28,40-41H2,3,5-7H3/b26-18-,36-31-,37-10-,38-19+,42-20-,44-21+,45-12+. The second-order valence-electron chi connectivity index (χ2n) is 14.8. The number of nitrogens with one attached hydrogen (secondary N) is 1. The van der Waals surface area contributed by atoms with E-state index in [1.165, 1.54) is 49.7 Å². The normalized spacial score (nSPS) is 17.4. The highest BCUT2D eigenvalue weighted by molar-refractivity contribution is 5.87. The van der Waals surface area contributed by atoms with E-state index < -0.39 is 0 Å². The van der Waals surface area contributed by atoms with E-state index in [1.54, 1.807) is 0 Å². The predicted molar refractivity (Wildman–Crippen MR) is 248 cm³/mol. The first-order valence-corrected chi connectivity index (χ1v) is 20.0. The molecular formula is C55H59N. The van der Waals surface area contributed by atoms with Crippen LogP contribution in [0, 0.1) is 11.3 Å². The summed E-state index contributed by atoms with van der Waals surface area (Å²) < 4.78 is 0. The maximum atomic E-state index is 4.02. The quantitative estimate of drug-likeness (QED) is 0.0793. The maximum Gasteiger partial charge on any atom is 0.0333 e. The van der Waals surface area contributed by atoms with Crippen molar-refractivity contribution in [3.63, 3.8) is 0 Å². The van der Waals surface area contributed by atoms with Crippen molar-refractivity contribution in [1.29, 1.82) is 0 Å². The number of hydrogen-bond donors (Lipinski definition) is 1. The SMILES string of the molecule is C=C/C=C(/C)C(C)(/C=C\C)C(/C=C\c1ccc(-c2ccc3ccccc3c2)cc1)C/C=C/NC1CC(C\C=C/C(=C\C)C(/C=C)=C/C=C)=C(c2ccccc2)C1. The fourth-order valence-electron chi connectivity index (χ4n) is 7.84. The van der Waals surface area contributed by atoms with Crippen LogP contribution in [-0.2, 0) is 0 Å². The van der Waals surface area contributed by atoms with E-state index >= 15 is 0 Å². The Kier molecular flexibility index (Phi) is 15.2. The van der Waals surface area contributed by atoms with Gasteiger partial charge in [0.1, 0.15) is 0 Å². The van der Waals surface area contributed by atoms with E-state index in [2.05, 4.69) is 211 Å². The zero-order valence-corrected chi connectivity index (χ0v) is 33.9. The minimum Gasteiger partial charge on any atom is -0.388 e. The molecule has 4 aromatic rings. The Morgan fingerprint density at radius 1 is 0.786 bits per heavy atom. The Hall–Kier alpha value is -5.92. The smallest absolute Gasteiger partial charge is 0.0333 e. The average Bonchev–Trinajstić information content (AvgIpc) is 3.64. The Labute approximate surface area is 337 Å². The largest absolute Gasteiger partial charge is 0.388 e. The van der Waals surface area contributed by atoms with Gasteiger partial charge >= 0.3 is 0 Å². The van der Waals surface area contributed by atoms with E-state index in [0.717, 1.165) is 36.8 Å². The van der Waals surface area contributed by atoms with E-state index in [4.69, 9.17) is 0 Å². The summed E-state index contributed by atoms with van der Waals surface area (Å²) in [7, 11) is 0. The predicted octanol–water partition coefficient (Wildman–Crippen LogP) is 15.2. The molecule has 0 amide bonds. The molecule has 0 saturated carbocycles. The molecule has 0 bridgehead atoms. The van der Waals surface area contributed by atoms with Crippen LogP contribution in [0.3, 0.4) is 0 Å². The van der Waals surface area contributed by atoms with Crippen LogP contribution in [0.25, 0.3) is 33.5 Å². The molecule has 0 spiro atoms. The van der Waals surface area contributed by atoms with Crippen LogP contribution in [0.5, 0.6) is 0 Å². The second-order valence-corrected chi connectivity index (χ2v) is 14.8. The summed E-state index contributed by atoms with van der Waals surface area (Å²) in [5, 5.41) is 6.33. The van der Waals surface area contributed by atoms with Crippen LogP contribution >= 0.6 is 0 Å². The molecule has 0 heterocycles. The molecule has 1 heteroatoms. The van der Waals surface area contributed by atoms with E-state index in [-0.39, 0.29) is 11.3 Å². The molecule has 0 saturated heterocycles. The molecule has 1 aliphatic carbocycles. The molecule has 3 unspecified atom stereocenters. The highest BCUT2D eigenvalue weighted by atomic mass is 14.9. The van der Waals surface area contributed by atoms with Gasteiger partial charge in [0.2, 0.25) is 0 Å². The Morgan fingerprint density at radius 2 is 1.50 bits per heavy atom. The average molecular weight is 734 g/mol. The first-order valence-electron chi connectivity index (χ1n) is 20.0. The summed E-state index contributed by atoms with van der Waals surface area (Å²) in [5.41, 5.74) is 11.3. The molecule has 1 nitrogen and oxygen atoms in total. The van der Waals surface area contributed by atoms with Gasteiger partial charge in [0.15, 0.2) is 0 Å². The summed E-state index contributed by atoms with van der Waals surface area (Å²) >= 11 is 0. The van der Waals surface area contributed by atoms with E-state index in [9.17, 15) is 0 Å². The van der Waals surface area contributed by atoms with Gasteiger partial charge in [-0.1, -0.05) is 208 Å². The van der Waals surface area contributed by atoms with Crippen molar-refractivity contribution >= 4 is 22.4 Å². The van der Waals surface area contributed by atoms with Gasteiger partial charge in [0.25, 0.3) is 0 Å².